The second-order valence-electron chi connectivity index (χ2n) is 6.90. The van der Waals surface area contributed by atoms with Gasteiger partial charge in [-0.2, -0.15) is 0 Å². The number of nitrogens with zero attached hydrogens (tertiary/aromatic N) is 6. The molecule has 132 valence electrons. The van der Waals surface area contributed by atoms with Crippen LogP contribution in [0.1, 0.15) is 24.0 Å². The number of aryl methyl sites for hydroxylation is 2. The molecule has 1 amide bonds. The summed E-state index contributed by atoms with van der Waals surface area (Å²) in [4.78, 5) is 16.9. The molecule has 1 aromatic heterocycles. The Morgan fingerprint density at radius 1 is 1.12 bits per heavy atom. The Hall–Kier alpha value is -2.28. The van der Waals surface area contributed by atoms with Gasteiger partial charge in [-0.15, -0.1) is 5.10 Å². The van der Waals surface area contributed by atoms with Crippen LogP contribution < -0.4 is 0 Å². The van der Waals surface area contributed by atoms with Gasteiger partial charge in [0.2, 0.25) is 5.91 Å². The molecular weight excluding hydrogens is 316 g/mol. The fourth-order valence-corrected chi connectivity index (χ4v) is 3.98. The van der Waals surface area contributed by atoms with Crippen molar-refractivity contribution in [2.45, 2.75) is 38.3 Å². The van der Waals surface area contributed by atoms with Gasteiger partial charge in [0.1, 0.15) is 6.33 Å². The van der Waals surface area contributed by atoms with Crippen molar-refractivity contribution in [3.05, 3.63) is 41.7 Å². The van der Waals surface area contributed by atoms with Crippen LogP contribution in [0.2, 0.25) is 0 Å². The predicted molar refractivity (Wildman–Crippen MR) is 92.8 cm³/mol. The minimum atomic E-state index is 0.198. The molecule has 1 saturated heterocycles. The molecule has 0 bridgehead atoms. The van der Waals surface area contributed by atoms with E-state index in [4.69, 9.17) is 0 Å². The zero-order valence-corrected chi connectivity index (χ0v) is 14.4. The maximum atomic E-state index is 12.4. The van der Waals surface area contributed by atoms with Gasteiger partial charge in [0.25, 0.3) is 0 Å². The normalized spacial score (nSPS) is 21.1. The summed E-state index contributed by atoms with van der Waals surface area (Å²) >= 11 is 0. The number of fused-ring (bicyclic) bond motifs is 1. The lowest BCUT2D eigenvalue weighted by atomic mass is 9.87. The number of carbonyl (C=O) groups excluding carboxylic acids is 1. The van der Waals surface area contributed by atoms with Crippen LogP contribution in [0.4, 0.5) is 0 Å². The third-order valence-electron chi connectivity index (χ3n) is 5.45. The molecule has 0 N–H and O–H groups in total. The number of hydrogen-bond donors (Lipinski definition) is 0. The monoisotopic (exact) mass is 340 g/mol. The largest absolute Gasteiger partial charge is 0.340 e. The molecule has 2 heterocycles. The van der Waals surface area contributed by atoms with Crippen molar-refractivity contribution in [2.75, 3.05) is 26.2 Å². The highest BCUT2D eigenvalue weighted by atomic mass is 16.2. The number of piperazine rings is 1. The van der Waals surface area contributed by atoms with Gasteiger partial charge in [-0.25, -0.2) is 4.68 Å². The molecule has 1 aromatic carbocycles. The third kappa shape index (κ3) is 3.71. The first-order valence-corrected chi connectivity index (χ1v) is 9.09. The van der Waals surface area contributed by atoms with Crippen molar-refractivity contribution < 1.29 is 4.79 Å². The second-order valence-corrected chi connectivity index (χ2v) is 6.90. The summed E-state index contributed by atoms with van der Waals surface area (Å²) < 4.78 is 1.60. The van der Waals surface area contributed by atoms with Gasteiger partial charge in [0, 0.05) is 38.6 Å². The summed E-state index contributed by atoms with van der Waals surface area (Å²) in [6, 6.07) is 9.42. The molecule has 4 rings (SSSR count). The number of tetrazole rings is 1. The topological polar surface area (TPSA) is 67.2 Å². The summed E-state index contributed by atoms with van der Waals surface area (Å²) in [5.41, 5.74) is 3.01. The van der Waals surface area contributed by atoms with Crippen LogP contribution in [0.3, 0.4) is 0 Å². The zero-order valence-electron chi connectivity index (χ0n) is 14.4. The summed E-state index contributed by atoms with van der Waals surface area (Å²) in [6.07, 6.45) is 5.55. The number of hydrogen-bond acceptors (Lipinski definition) is 5. The van der Waals surface area contributed by atoms with Gasteiger partial charge in [-0.1, -0.05) is 24.3 Å². The Labute approximate surface area is 147 Å². The Morgan fingerprint density at radius 3 is 2.68 bits per heavy atom. The number of aromatic nitrogens is 4. The molecular formula is C18H24N6O. The summed E-state index contributed by atoms with van der Waals surface area (Å²) in [7, 11) is 0. The van der Waals surface area contributed by atoms with Gasteiger partial charge in [0.05, 0.1) is 6.54 Å². The summed E-state index contributed by atoms with van der Waals surface area (Å²) in [6.45, 7) is 4.15. The maximum Gasteiger partial charge on any atom is 0.224 e. The van der Waals surface area contributed by atoms with Crippen LogP contribution in [0.15, 0.2) is 30.6 Å². The average Bonchev–Trinajstić information content (AvgIpc) is 3.19. The van der Waals surface area contributed by atoms with E-state index in [1.165, 1.54) is 24.0 Å². The first kappa shape index (κ1) is 16.2. The molecule has 1 fully saturated rings. The molecule has 1 aliphatic heterocycles. The zero-order chi connectivity index (χ0) is 17.1. The van der Waals surface area contributed by atoms with E-state index in [9.17, 15) is 4.79 Å². The molecule has 0 radical (unpaired) electrons. The van der Waals surface area contributed by atoms with E-state index in [-0.39, 0.29) is 5.91 Å². The van der Waals surface area contributed by atoms with Crippen molar-refractivity contribution >= 4 is 5.91 Å². The van der Waals surface area contributed by atoms with Crippen LogP contribution in [0.5, 0.6) is 0 Å². The van der Waals surface area contributed by atoms with Gasteiger partial charge < -0.3 is 4.90 Å². The van der Waals surface area contributed by atoms with E-state index >= 15 is 0 Å². The molecule has 1 atom stereocenters. The van der Waals surface area contributed by atoms with E-state index in [1.54, 1.807) is 11.0 Å². The van der Waals surface area contributed by atoms with Crippen molar-refractivity contribution in [3.8, 4) is 0 Å². The van der Waals surface area contributed by atoms with Gasteiger partial charge in [-0.3, -0.25) is 9.69 Å². The molecule has 2 aliphatic rings. The van der Waals surface area contributed by atoms with Crippen molar-refractivity contribution in [1.82, 2.24) is 30.0 Å². The minimum absolute atomic E-state index is 0.198. The molecule has 7 heteroatoms. The van der Waals surface area contributed by atoms with Gasteiger partial charge >= 0.3 is 0 Å². The molecule has 2 aromatic rings. The van der Waals surface area contributed by atoms with Gasteiger partial charge in [0.15, 0.2) is 0 Å². The second kappa shape index (κ2) is 7.31. The van der Waals surface area contributed by atoms with Crippen LogP contribution in [0.25, 0.3) is 0 Å². The Morgan fingerprint density at radius 2 is 1.92 bits per heavy atom. The fourth-order valence-electron chi connectivity index (χ4n) is 3.98. The van der Waals surface area contributed by atoms with Crippen LogP contribution >= 0.6 is 0 Å². The lowest BCUT2D eigenvalue weighted by molar-refractivity contribution is -0.133. The lowest BCUT2D eigenvalue weighted by Crippen LogP contribution is -2.53. The highest BCUT2D eigenvalue weighted by molar-refractivity contribution is 5.76. The number of amides is 1. The summed E-state index contributed by atoms with van der Waals surface area (Å²) in [5.74, 6) is 0.198. The molecule has 0 saturated carbocycles. The average molecular weight is 340 g/mol. The molecule has 0 spiro atoms. The lowest BCUT2D eigenvalue weighted by Gasteiger charge is -2.41. The quantitative estimate of drug-likeness (QED) is 0.822. The Bertz CT molecular complexity index is 708. The van der Waals surface area contributed by atoms with E-state index in [0.717, 1.165) is 32.6 Å². The maximum absolute atomic E-state index is 12.4. The van der Waals surface area contributed by atoms with Crippen LogP contribution in [-0.4, -0.2) is 68.1 Å². The van der Waals surface area contributed by atoms with Crippen molar-refractivity contribution in [2.24, 2.45) is 0 Å². The minimum Gasteiger partial charge on any atom is -0.340 e. The Kier molecular flexibility index (Phi) is 4.74. The van der Waals surface area contributed by atoms with E-state index in [2.05, 4.69) is 44.7 Å². The van der Waals surface area contributed by atoms with Crippen molar-refractivity contribution in [3.63, 3.8) is 0 Å². The smallest absolute Gasteiger partial charge is 0.224 e. The SMILES string of the molecule is O=C(CCn1cnnn1)N1CCN([C@@H]2CCc3ccccc3C2)CC1. The molecule has 1 aliphatic carbocycles. The standard InChI is InChI=1S/C18H24N6O/c25-18(7-8-24-14-19-20-21-24)23-11-9-22(10-12-23)17-6-5-15-3-1-2-4-16(15)13-17/h1-4,14,17H,5-13H2/t17-/m1/s1. The highest BCUT2D eigenvalue weighted by Gasteiger charge is 2.28. The number of benzene rings is 1. The third-order valence-corrected chi connectivity index (χ3v) is 5.45. The first-order valence-electron chi connectivity index (χ1n) is 9.09. The first-order chi connectivity index (χ1) is 12.3. The highest BCUT2D eigenvalue weighted by Crippen LogP contribution is 2.25. The molecule has 7 nitrogen and oxygen atoms in total. The van der Waals surface area contributed by atoms with E-state index < -0.39 is 0 Å². The van der Waals surface area contributed by atoms with Crippen LogP contribution in [0, 0.1) is 0 Å². The molecule has 0 unspecified atom stereocenters. The van der Waals surface area contributed by atoms with Crippen molar-refractivity contribution in [1.29, 1.82) is 0 Å². The van der Waals surface area contributed by atoms with Gasteiger partial charge in [-0.05, 0) is 40.8 Å². The van der Waals surface area contributed by atoms with E-state index in [1.807, 2.05) is 4.90 Å². The Balaban J connectivity index is 1.26. The van der Waals surface area contributed by atoms with Crippen LogP contribution in [-0.2, 0) is 24.2 Å². The molecule has 25 heavy (non-hydrogen) atoms. The number of carbonyl (C=O) groups is 1. The number of rotatable bonds is 4. The fraction of sp³-hybridized carbons (Fsp3) is 0.556. The summed E-state index contributed by atoms with van der Waals surface area (Å²) in [5, 5.41) is 11.0. The predicted octanol–water partition coefficient (Wildman–Crippen LogP) is 0.765. The van der Waals surface area contributed by atoms with E-state index in [0.29, 0.717) is 19.0 Å².